The van der Waals surface area contributed by atoms with Crippen molar-refractivity contribution in [2.24, 2.45) is 5.73 Å². The van der Waals surface area contributed by atoms with Gasteiger partial charge in [0.15, 0.2) is 0 Å². The molecule has 1 saturated heterocycles. The van der Waals surface area contributed by atoms with Gasteiger partial charge in [-0.1, -0.05) is 48.0 Å². The van der Waals surface area contributed by atoms with Crippen molar-refractivity contribution in [2.75, 3.05) is 26.2 Å². The molecule has 1 amide bonds. The van der Waals surface area contributed by atoms with Gasteiger partial charge in [-0.05, 0) is 17.7 Å². The number of halogens is 2. The molecule has 25 heavy (non-hydrogen) atoms. The summed E-state index contributed by atoms with van der Waals surface area (Å²) < 4.78 is 13.9. The lowest BCUT2D eigenvalue weighted by atomic mass is 10.1. The van der Waals surface area contributed by atoms with E-state index < -0.39 is 6.04 Å². The Bertz CT molecular complexity index is 712. The molecule has 2 N–H and O–H groups in total. The molecule has 2 aromatic carbocycles. The number of rotatable bonds is 4. The number of nitrogens with two attached hydrogens (primary N) is 1. The molecule has 2 aromatic rings. The molecule has 0 radical (unpaired) electrons. The minimum Gasteiger partial charge on any atom is -0.338 e. The zero-order valence-corrected chi connectivity index (χ0v) is 14.6. The Kier molecular flexibility index (Phi) is 5.68. The molecule has 0 saturated carbocycles. The molecule has 0 bridgehead atoms. The molecule has 0 aliphatic carbocycles. The molecule has 0 spiro atoms. The van der Waals surface area contributed by atoms with Crippen molar-refractivity contribution in [1.82, 2.24) is 9.80 Å². The van der Waals surface area contributed by atoms with Crippen LogP contribution in [0.2, 0.25) is 5.02 Å². The third-order valence-corrected chi connectivity index (χ3v) is 4.91. The number of amides is 1. The second-order valence-electron chi connectivity index (χ2n) is 6.19. The third-order valence-electron chi connectivity index (χ3n) is 4.55. The Hall–Kier alpha value is -1.95. The predicted molar refractivity (Wildman–Crippen MR) is 96.6 cm³/mol. The first-order valence-corrected chi connectivity index (χ1v) is 8.68. The van der Waals surface area contributed by atoms with Gasteiger partial charge in [-0.15, -0.1) is 0 Å². The summed E-state index contributed by atoms with van der Waals surface area (Å²) in [5.41, 5.74) is 7.41. The fourth-order valence-electron chi connectivity index (χ4n) is 3.03. The highest BCUT2D eigenvalue weighted by Gasteiger charge is 2.26. The van der Waals surface area contributed by atoms with Crippen molar-refractivity contribution in [1.29, 1.82) is 0 Å². The second-order valence-corrected chi connectivity index (χ2v) is 6.60. The van der Waals surface area contributed by atoms with Crippen molar-refractivity contribution < 1.29 is 9.18 Å². The van der Waals surface area contributed by atoms with Crippen LogP contribution in [-0.2, 0) is 11.3 Å². The molecule has 1 fully saturated rings. The van der Waals surface area contributed by atoms with E-state index in [0.29, 0.717) is 43.3 Å². The van der Waals surface area contributed by atoms with Crippen molar-refractivity contribution in [2.45, 2.75) is 12.6 Å². The summed E-state index contributed by atoms with van der Waals surface area (Å²) in [6.07, 6.45) is 0. The number of hydrogen-bond donors (Lipinski definition) is 1. The average molecular weight is 362 g/mol. The first-order chi connectivity index (χ1) is 12.1. The summed E-state index contributed by atoms with van der Waals surface area (Å²) in [5, 5.41) is 0.435. The number of carbonyl (C=O) groups is 1. The van der Waals surface area contributed by atoms with E-state index in [4.69, 9.17) is 17.3 Å². The van der Waals surface area contributed by atoms with Crippen LogP contribution in [0.15, 0.2) is 48.5 Å². The van der Waals surface area contributed by atoms with E-state index >= 15 is 0 Å². The molecule has 6 heteroatoms. The normalized spacial score (nSPS) is 16.7. The Labute approximate surface area is 152 Å². The van der Waals surface area contributed by atoms with Gasteiger partial charge in [0.05, 0.1) is 0 Å². The molecule has 3 rings (SSSR count). The molecule has 1 unspecified atom stereocenters. The minimum absolute atomic E-state index is 0.0743. The second kappa shape index (κ2) is 7.95. The highest BCUT2D eigenvalue weighted by atomic mass is 35.5. The van der Waals surface area contributed by atoms with Crippen LogP contribution in [0.4, 0.5) is 4.39 Å². The number of nitrogens with zero attached hydrogens (tertiary/aromatic N) is 2. The Morgan fingerprint density at radius 3 is 2.40 bits per heavy atom. The third kappa shape index (κ3) is 4.18. The van der Waals surface area contributed by atoms with E-state index in [1.165, 1.54) is 6.07 Å². The molecule has 1 heterocycles. The van der Waals surface area contributed by atoms with E-state index in [9.17, 15) is 9.18 Å². The van der Waals surface area contributed by atoms with E-state index in [1.54, 1.807) is 17.0 Å². The number of hydrogen-bond acceptors (Lipinski definition) is 3. The standard InChI is InChI=1S/C19H21ClFN3O/c20-16-7-4-8-17(21)15(16)13-23-9-11-24(12-10-23)19(25)18(22)14-5-2-1-3-6-14/h1-8,18H,9-13,22H2. The summed E-state index contributed by atoms with van der Waals surface area (Å²) in [7, 11) is 0. The van der Waals surface area contributed by atoms with Gasteiger partial charge in [-0.3, -0.25) is 9.69 Å². The Morgan fingerprint density at radius 2 is 1.76 bits per heavy atom. The van der Waals surface area contributed by atoms with E-state index in [1.807, 2.05) is 30.3 Å². The monoisotopic (exact) mass is 361 g/mol. The summed E-state index contributed by atoms with van der Waals surface area (Å²) in [6, 6.07) is 13.4. The van der Waals surface area contributed by atoms with Crippen molar-refractivity contribution in [3.63, 3.8) is 0 Å². The molecule has 1 aliphatic heterocycles. The van der Waals surface area contributed by atoms with Crippen LogP contribution in [-0.4, -0.2) is 41.9 Å². The fourth-order valence-corrected chi connectivity index (χ4v) is 3.26. The van der Waals surface area contributed by atoms with Gasteiger partial charge in [0.2, 0.25) is 5.91 Å². The van der Waals surface area contributed by atoms with Gasteiger partial charge in [0.25, 0.3) is 0 Å². The summed E-state index contributed by atoms with van der Waals surface area (Å²) in [6.45, 7) is 2.92. The van der Waals surface area contributed by atoms with Crippen molar-refractivity contribution >= 4 is 17.5 Å². The zero-order chi connectivity index (χ0) is 17.8. The quantitative estimate of drug-likeness (QED) is 0.911. The summed E-state index contributed by atoms with van der Waals surface area (Å²) >= 11 is 6.09. The molecule has 132 valence electrons. The van der Waals surface area contributed by atoms with Gasteiger partial charge >= 0.3 is 0 Å². The number of carbonyl (C=O) groups excluding carboxylic acids is 1. The fraction of sp³-hybridized carbons (Fsp3) is 0.316. The van der Waals surface area contributed by atoms with Gasteiger partial charge in [0.1, 0.15) is 11.9 Å². The van der Waals surface area contributed by atoms with E-state index in [-0.39, 0.29) is 11.7 Å². The van der Waals surface area contributed by atoms with E-state index in [0.717, 1.165) is 5.56 Å². The van der Waals surface area contributed by atoms with Crippen LogP contribution in [0.3, 0.4) is 0 Å². The van der Waals surface area contributed by atoms with Crippen molar-refractivity contribution in [3.8, 4) is 0 Å². The molecular weight excluding hydrogens is 341 g/mol. The van der Waals surface area contributed by atoms with Gasteiger partial charge in [-0.2, -0.15) is 0 Å². The lowest BCUT2D eigenvalue weighted by molar-refractivity contribution is -0.134. The smallest absolute Gasteiger partial charge is 0.244 e. The van der Waals surface area contributed by atoms with Gasteiger partial charge in [-0.25, -0.2) is 4.39 Å². The maximum atomic E-state index is 13.9. The summed E-state index contributed by atoms with van der Waals surface area (Å²) in [4.78, 5) is 16.4. The maximum absolute atomic E-state index is 13.9. The first-order valence-electron chi connectivity index (χ1n) is 8.31. The summed E-state index contributed by atoms with van der Waals surface area (Å²) in [5.74, 6) is -0.369. The SMILES string of the molecule is NC(C(=O)N1CCN(Cc2c(F)cccc2Cl)CC1)c1ccccc1. The first kappa shape index (κ1) is 17.9. The molecule has 0 aromatic heterocycles. The number of piperazine rings is 1. The van der Waals surface area contributed by atoms with Crippen LogP contribution in [0.5, 0.6) is 0 Å². The van der Waals surface area contributed by atoms with Crippen LogP contribution in [0.25, 0.3) is 0 Å². The minimum atomic E-state index is -0.645. The molecule has 1 atom stereocenters. The van der Waals surface area contributed by atoms with Crippen LogP contribution in [0, 0.1) is 5.82 Å². The Balaban J connectivity index is 1.57. The predicted octanol–water partition coefficient (Wildman–Crippen LogP) is 2.82. The topological polar surface area (TPSA) is 49.6 Å². The van der Waals surface area contributed by atoms with Crippen LogP contribution in [0.1, 0.15) is 17.2 Å². The maximum Gasteiger partial charge on any atom is 0.244 e. The molecular formula is C19H21ClFN3O. The molecule has 1 aliphatic rings. The number of benzene rings is 2. The zero-order valence-electron chi connectivity index (χ0n) is 13.9. The van der Waals surface area contributed by atoms with E-state index in [2.05, 4.69) is 4.90 Å². The lowest BCUT2D eigenvalue weighted by Gasteiger charge is -2.36. The average Bonchev–Trinajstić information content (AvgIpc) is 2.65. The Morgan fingerprint density at radius 1 is 1.08 bits per heavy atom. The highest BCUT2D eigenvalue weighted by molar-refractivity contribution is 6.31. The van der Waals surface area contributed by atoms with Crippen LogP contribution >= 0.6 is 11.6 Å². The van der Waals surface area contributed by atoms with Gasteiger partial charge < -0.3 is 10.6 Å². The molecule has 4 nitrogen and oxygen atoms in total. The lowest BCUT2D eigenvalue weighted by Crippen LogP contribution is -2.50. The highest BCUT2D eigenvalue weighted by Crippen LogP contribution is 2.22. The van der Waals surface area contributed by atoms with Crippen LogP contribution < -0.4 is 5.73 Å². The van der Waals surface area contributed by atoms with Crippen molar-refractivity contribution in [3.05, 3.63) is 70.5 Å². The largest absolute Gasteiger partial charge is 0.338 e. The van der Waals surface area contributed by atoms with Gasteiger partial charge in [0, 0.05) is 43.3 Å².